The van der Waals surface area contributed by atoms with Gasteiger partial charge in [0.25, 0.3) is 11.8 Å². The molecule has 1 aromatic heterocycles. The smallest absolute Gasteiger partial charge is 0.353 e. The summed E-state index contributed by atoms with van der Waals surface area (Å²) in [6, 6.07) is 2.21. The number of H-pyrrole nitrogens is 1. The molecule has 0 fully saturated rings. The summed E-state index contributed by atoms with van der Waals surface area (Å²) in [5, 5.41) is 14.4. The van der Waals surface area contributed by atoms with Gasteiger partial charge < -0.3 is 5.11 Å². The largest absolute Gasteiger partial charge is 0.477 e. The highest BCUT2D eigenvalue weighted by atomic mass is 19.2. The van der Waals surface area contributed by atoms with Crippen LogP contribution in [0.4, 0.5) is 14.6 Å². The van der Waals surface area contributed by atoms with Crippen molar-refractivity contribution in [1.82, 2.24) is 10.2 Å². The van der Waals surface area contributed by atoms with Crippen molar-refractivity contribution < 1.29 is 28.3 Å². The van der Waals surface area contributed by atoms with E-state index in [1.54, 1.807) is 0 Å². The van der Waals surface area contributed by atoms with E-state index < -0.39 is 29.4 Å². The second-order valence-electron chi connectivity index (χ2n) is 4.20. The Hall–Kier alpha value is -3.10. The number of carbonyl (C=O) groups is 3. The molecule has 3 rings (SSSR count). The molecule has 0 aliphatic carbocycles. The first-order chi connectivity index (χ1) is 9.90. The number of nitrogens with one attached hydrogen (secondary N) is 1. The average Bonchev–Trinajstić information content (AvgIpc) is 2.98. The van der Waals surface area contributed by atoms with Crippen LogP contribution in [0.1, 0.15) is 31.2 Å². The Morgan fingerprint density at radius 2 is 1.62 bits per heavy atom. The van der Waals surface area contributed by atoms with E-state index in [2.05, 4.69) is 10.2 Å². The van der Waals surface area contributed by atoms with Crippen LogP contribution in [-0.2, 0) is 0 Å². The first kappa shape index (κ1) is 12.9. The van der Waals surface area contributed by atoms with Crippen molar-refractivity contribution in [3.8, 4) is 0 Å². The van der Waals surface area contributed by atoms with Gasteiger partial charge in [0.15, 0.2) is 17.5 Å². The molecular formula is C12H5F2N3O4. The highest BCUT2D eigenvalue weighted by Crippen LogP contribution is 2.29. The minimum atomic E-state index is -1.33. The Bertz CT molecular complexity index is 774. The summed E-state index contributed by atoms with van der Waals surface area (Å²) < 4.78 is 26.3. The molecule has 7 nitrogen and oxygen atoms in total. The summed E-state index contributed by atoms with van der Waals surface area (Å²) in [7, 11) is 0. The maximum Gasteiger partial charge on any atom is 0.353 e. The number of amides is 2. The lowest BCUT2D eigenvalue weighted by Crippen LogP contribution is -2.29. The van der Waals surface area contributed by atoms with E-state index in [4.69, 9.17) is 5.11 Å². The molecule has 0 spiro atoms. The van der Waals surface area contributed by atoms with Gasteiger partial charge in [-0.1, -0.05) is 0 Å². The van der Waals surface area contributed by atoms with Crippen LogP contribution < -0.4 is 4.90 Å². The highest BCUT2D eigenvalue weighted by Gasteiger charge is 2.39. The number of anilines is 1. The molecule has 9 heteroatoms. The fourth-order valence-electron chi connectivity index (χ4n) is 1.98. The van der Waals surface area contributed by atoms with E-state index in [1.165, 1.54) is 0 Å². The van der Waals surface area contributed by atoms with Crippen LogP contribution in [0.25, 0.3) is 0 Å². The summed E-state index contributed by atoms with van der Waals surface area (Å²) in [6.45, 7) is 0. The molecule has 0 atom stereocenters. The molecule has 21 heavy (non-hydrogen) atoms. The number of hydrogen-bond acceptors (Lipinski definition) is 4. The van der Waals surface area contributed by atoms with Crippen LogP contribution in [0, 0.1) is 11.6 Å². The van der Waals surface area contributed by atoms with Gasteiger partial charge in [-0.25, -0.2) is 18.5 Å². The van der Waals surface area contributed by atoms with E-state index in [1.807, 2.05) is 0 Å². The van der Waals surface area contributed by atoms with E-state index in [0.29, 0.717) is 17.0 Å². The standard InChI is InChI=1S/C12H5F2N3O4/c13-6-1-4-5(2-7(6)14)11(19)17(10(4)18)9-3-8(12(20)21)15-16-9/h1-3H,(H,15,16)(H,20,21). The van der Waals surface area contributed by atoms with Gasteiger partial charge in [-0.05, 0) is 12.1 Å². The quantitative estimate of drug-likeness (QED) is 0.809. The minimum absolute atomic E-state index is 0.264. The monoisotopic (exact) mass is 293 g/mol. The topological polar surface area (TPSA) is 103 Å². The van der Waals surface area contributed by atoms with Crippen molar-refractivity contribution in [3.05, 3.63) is 46.7 Å². The number of carboxylic acids is 1. The number of aromatic carboxylic acids is 1. The molecule has 2 N–H and O–H groups in total. The van der Waals surface area contributed by atoms with E-state index in [0.717, 1.165) is 6.07 Å². The second-order valence-corrected chi connectivity index (χ2v) is 4.20. The third-order valence-corrected chi connectivity index (χ3v) is 2.95. The van der Waals surface area contributed by atoms with Gasteiger partial charge in [0.05, 0.1) is 11.1 Å². The number of fused-ring (bicyclic) bond motifs is 1. The second kappa shape index (κ2) is 4.20. The Labute approximate surface area is 114 Å². The Kier molecular flexibility index (Phi) is 2.58. The zero-order valence-electron chi connectivity index (χ0n) is 10.1. The first-order valence-corrected chi connectivity index (χ1v) is 5.56. The van der Waals surface area contributed by atoms with Crippen molar-refractivity contribution in [2.75, 3.05) is 4.90 Å². The molecule has 106 valence electrons. The van der Waals surface area contributed by atoms with Crippen LogP contribution >= 0.6 is 0 Å². The number of benzene rings is 1. The lowest BCUT2D eigenvalue weighted by Gasteiger charge is -2.08. The van der Waals surface area contributed by atoms with Gasteiger partial charge in [-0.3, -0.25) is 14.7 Å². The molecular weight excluding hydrogens is 288 g/mol. The van der Waals surface area contributed by atoms with Crippen molar-refractivity contribution in [1.29, 1.82) is 0 Å². The number of nitrogens with zero attached hydrogens (tertiary/aromatic N) is 2. The van der Waals surface area contributed by atoms with E-state index in [-0.39, 0.29) is 22.6 Å². The molecule has 2 amide bonds. The molecule has 2 heterocycles. The lowest BCUT2D eigenvalue weighted by molar-refractivity contribution is 0.0689. The molecule has 1 aliphatic heterocycles. The SMILES string of the molecule is O=C(O)c1cc(N2C(=O)c3cc(F)c(F)cc3C2=O)n[nH]1. The van der Waals surface area contributed by atoms with Crippen LogP contribution in [0.5, 0.6) is 0 Å². The Morgan fingerprint density at radius 3 is 2.05 bits per heavy atom. The maximum absolute atomic E-state index is 13.2. The van der Waals surface area contributed by atoms with Gasteiger partial charge in [-0.2, -0.15) is 5.10 Å². The van der Waals surface area contributed by atoms with Gasteiger partial charge in [0, 0.05) is 6.07 Å². The van der Waals surface area contributed by atoms with Crippen molar-refractivity contribution >= 4 is 23.6 Å². The zero-order valence-corrected chi connectivity index (χ0v) is 10.1. The fraction of sp³-hybridized carbons (Fsp3) is 0. The summed E-state index contributed by atoms with van der Waals surface area (Å²) in [5.74, 6) is -5.92. The molecule has 2 aromatic rings. The average molecular weight is 293 g/mol. The maximum atomic E-state index is 13.2. The third kappa shape index (κ3) is 1.78. The lowest BCUT2D eigenvalue weighted by atomic mass is 10.1. The number of halogens is 2. The number of aromatic nitrogens is 2. The molecule has 0 saturated heterocycles. The van der Waals surface area contributed by atoms with Gasteiger partial charge in [0.2, 0.25) is 0 Å². The summed E-state index contributed by atoms with van der Waals surface area (Å²) in [4.78, 5) is 35.4. The minimum Gasteiger partial charge on any atom is -0.477 e. The van der Waals surface area contributed by atoms with Crippen molar-refractivity contribution in [2.45, 2.75) is 0 Å². The van der Waals surface area contributed by atoms with Gasteiger partial charge in [-0.15, -0.1) is 0 Å². The number of hydrogen-bond donors (Lipinski definition) is 2. The molecule has 1 aromatic carbocycles. The third-order valence-electron chi connectivity index (χ3n) is 2.95. The normalized spacial score (nSPS) is 13.7. The molecule has 0 unspecified atom stereocenters. The fourth-order valence-corrected chi connectivity index (χ4v) is 1.98. The van der Waals surface area contributed by atoms with Crippen LogP contribution in [-0.4, -0.2) is 33.1 Å². The number of aromatic amines is 1. The van der Waals surface area contributed by atoms with Gasteiger partial charge >= 0.3 is 5.97 Å². The predicted molar refractivity (Wildman–Crippen MR) is 63.0 cm³/mol. The van der Waals surface area contributed by atoms with E-state index >= 15 is 0 Å². The van der Waals surface area contributed by atoms with E-state index in [9.17, 15) is 23.2 Å². The Morgan fingerprint density at radius 1 is 1.10 bits per heavy atom. The summed E-state index contributed by atoms with van der Waals surface area (Å²) in [5.41, 5.74) is -0.948. The number of carboxylic acid groups (broad SMARTS) is 1. The van der Waals surface area contributed by atoms with Gasteiger partial charge in [0.1, 0.15) is 5.69 Å². The number of rotatable bonds is 2. The van der Waals surface area contributed by atoms with Crippen LogP contribution in [0.15, 0.2) is 18.2 Å². The first-order valence-electron chi connectivity index (χ1n) is 5.56. The van der Waals surface area contributed by atoms with Crippen molar-refractivity contribution in [2.24, 2.45) is 0 Å². The highest BCUT2D eigenvalue weighted by molar-refractivity contribution is 6.34. The molecule has 0 bridgehead atoms. The molecule has 0 radical (unpaired) electrons. The summed E-state index contributed by atoms with van der Waals surface area (Å²) >= 11 is 0. The zero-order chi connectivity index (χ0) is 15.3. The molecule has 1 aliphatic rings. The van der Waals surface area contributed by atoms with Crippen LogP contribution in [0.3, 0.4) is 0 Å². The molecule has 0 saturated carbocycles. The van der Waals surface area contributed by atoms with Crippen molar-refractivity contribution in [3.63, 3.8) is 0 Å². The predicted octanol–water partition coefficient (Wildman–Crippen LogP) is 1.19. The number of carbonyl (C=O) groups excluding carboxylic acids is 2. The number of imide groups is 1. The van der Waals surface area contributed by atoms with Crippen LogP contribution in [0.2, 0.25) is 0 Å². The summed E-state index contributed by atoms with van der Waals surface area (Å²) in [6.07, 6.45) is 0. The Balaban J connectivity index is 2.08.